The van der Waals surface area contributed by atoms with Gasteiger partial charge >= 0.3 is 0 Å². The van der Waals surface area contributed by atoms with Crippen LogP contribution in [-0.2, 0) is 21.7 Å². The molecule has 360 valence electrons. The summed E-state index contributed by atoms with van der Waals surface area (Å²) in [7, 11) is 0. The number of nitrogens with zero attached hydrogens (tertiary/aromatic N) is 2. The van der Waals surface area contributed by atoms with Gasteiger partial charge in [-0.15, -0.1) is 11.3 Å². The van der Waals surface area contributed by atoms with E-state index in [0.717, 1.165) is 11.8 Å². The lowest BCUT2D eigenvalue weighted by atomic mass is 9.36. The number of hydrogen-bond acceptors (Lipinski definition) is 3. The van der Waals surface area contributed by atoms with E-state index < -0.39 is 0 Å². The van der Waals surface area contributed by atoms with E-state index in [4.69, 9.17) is 0 Å². The first-order valence-corrected chi connectivity index (χ1v) is 28.1. The van der Waals surface area contributed by atoms with Crippen LogP contribution in [0.15, 0.2) is 133 Å². The highest BCUT2D eigenvalue weighted by atomic mass is 32.1. The topological polar surface area (TPSA) is 6.48 Å². The molecule has 15 rings (SSSR count). The first-order valence-electron chi connectivity index (χ1n) is 27.3. The van der Waals surface area contributed by atoms with Crippen LogP contribution in [0.3, 0.4) is 0 Å². The highest BCUT2D eigenvalue weighted by Gasteiger charge is 2.62. The molecule has 2 aliphatic heterocycles. The summed E-state index contributed by atoms with van der Waals surface area (Å²) in [5, 5.41) is 1.37. The molecule has 0 saturated heterocycles. The van der Waals surface area contributed by atoms with Gasteiger partial charge in [0.2, 0.25) is 0 Å². The molecule has 4 saturated carbocycles. The zero-order valence-electron chi connectivity index (χ0n) is 44.4. The summed E-state index contributed by atoms with van der Waals surface area (Å²) in [6.45, 7) is 25.9. The second-order valence-electron chi connectivity index (χ2n) is 26.3. The minimum absolute atomic E-state index is 0.00820. The van der Waals surface area contributed by atoms with Gasteiger partial charge in [-0.1, -0.05) is 147 Å². The molecule has 4 fully saturated rings. The van der Waals surface area contributed by atoms with Crippen molar-refractivity contribution in [1.82, 2.24) is 0 Å². The van der Waals surface area contributed by atoms with Gasteiger partial charge in [0.15, 0.2) is 0 Å². The summed E-state index contributed by atoms with van der Waals surface area (Å²) in [4.78, 5) is 5.49. The number of thiophene rings is 1. The third kappa shape index (κ3) is 6.20. The van der Waals surface area contributed by atoms with E-state index in [1.165, 1.54) is 142 Å². The van der Waals surface area contributed by atoms with Crippen molar-refractivity contribution in [3.05, 3.63) is 172 Å². The second kappa shape index (κ2) is 15.1. The molecule has 0 N–H and O–H groups in total. The van der Waals surface area contributed by atoms with E-state index in [9.17, 15) is 0 Å². The van der Waals surface area contributed by atoms with Crippen LogP contribution in [0.25, 0.3) is 32.3 Å². The Labute approximate surface area is 433 Å². The lowest BCUT2D eigenvalue weighted by molar-refractivity contribution is -0.0399. The van der Waals surface area contributed by atoms with Crippen LogP contribution in [0.2, 0.25) is 0 Å². The lowest BCUT2D eigenvalue weighted by Crippen LogP contribution is -2.60. The maximum atomic E-state index is 2.83. The average molecular weight is 957 g/mol. The van der Waals surface area contributed by atoms with Gasteiger partial charge in [0.25, 0.3) is 6.71 Å². The fraction of sp³-hybridized carbons (Fsp3) is 0.353. The van der Waals surface area contributed by atoms with Gasteiger partial charge in [-0.2, -0.15) is 0 Å². The van der Waals surface area contributed by atoms with Gasteiger partial charge in [0.1, 0.15) is 0 Å². The van der Waals surface area contributed by atoms with Crippen molar-refractivity contribution < 1.29 is 0 Å². The standard InChI is InChI=1S/C68H69BN2S/c1-39-16-14-17-40(2)60(39)43-35-57-62-58(36-43)71(55-21-15-20-53-61(55)50-18-12-13-19-52(50)68(53)47-31-41-30-42(33-47)34-48(68)32-41)63-51-37-45(66(6,7)8)25-29-59(51)72-64(63)69(62)54-28-24-46(67(9,10)11)38-56(54)70(57)49-26-22-44(23-27-49)65(3,4)5/h12-29,35-38,41-42,47-48H,30-34H2,1-11H3. The zero-order valence-corrected chi connectivity index (χ0v) is 45.2. The third-order valence-electron chi connectivity index (χ3n) is 19.0. The first kappa shape index (κ1) is 44.8. The minimum atomic E-state index is -0.0313. The van der Waals surface area contributed by atoms with E-state index in [1.54, 1.807) is 11.1 Å². The number of fused-ring (bicyclic) bond motifs is 9. The Morgan fingerprint density at radius 1 is 0.514 bits per heavy atom. The molecule has 3 heterocycles. The molecule has 0 atom stereocenters. The molecule has 5 aliphatic carbocycles. The quantitative estimate of drug-likeness (QED) is 0.163. The second-order valence-corrected chi connectivity index (χ2v) is 27.4. The molecule has 4 bridgehead atoms. The monoisotopic (exact) mass is 957 g/mol. The van der Waals surface area contributed by atoms with Crippen LogP contribution in [0.1, 0.15) is 133 Å². The molecular formula is C68H69BN2S. The summed E-state index contributed by atoms with van der Waals surface area (Å²) in [6.07, 6.45) is 6.95. The van der Waals surface area contributed by atoms with E-state index in [0.29, 0.717) is 11.8 Å². The molecule has 1 aromatic heterocycles. The van der Waals surface area contributed by atoms with Crippen LogP contribution in [0.4, 0.5) is 34.1 Å². The fourth-order valence-electron chi connectivity index (χ4n) is 15.8. The van der Waals surface area contributed by atoms with Crippen molar-refractivity contribution in [1.29, 1.82) is 0 Å². The zero-order chi connectivity index (χ0) is 49.5. The predicted octanol–water partition coefficient (Wildman–Crippen LogP) is 16.9. The normalized spacial score (nSPS) is 22.3. The summed E-state index contributed by atoms with van der Waals surface area (Å²) >= 11 is 2.04. The summed E-state index contributed by atoms with van der Waals surface area (Å²) < 4.78 is 2.81. The van der Waals surface area contributed by atoms with Gasteiger partial charge in [-0.25, -0.2) is 0 Å². The van der Waals surface area contributed by atoms with E-state index in [-0.39, 0.29) is 28.4 Å². The smallest absolute Gasteiger partial charge is 0.264 e. The van der Waals surface area contributed by atoms with Crippen LogP contribution in [0, 0.1) is 37.5 Å². The molecule has 1 spiro atoms. The van der Waals surface area contributed by atoms with E-state index >= 15 is 0 Å². The van der Waals surface area contributed by atoms with Crippen molar-refractivity contribution in [2.45, 2.75) is 130 Å². The number of rotatable bonds is 3. The van der Waals surface area contributed by atoms with Crippen LogP contribution < -0.4 is 25.5 Å². The number of hydrogen-bond donors (Lipinski definition) is 0. The molecule has 72 heavy (non-hydrogen) atoms. The van der Waals surface area contributed by atoms with Crippen molar-refractivity contribution in [2.75, 3.05) is 9.80 Å². The Hall–Kier alpha value is -5.84. The number of anilines is 6. The largest absolute Gasteiger partial charge is 0.311 e. The highest BCUT2D eigenvalue weighted by molar-refractivity contribution is 7.33. The summed E-state index contributed by atoms with van der Waals surface area (Å²) in [5.41, 5.74) is 26.1. The fourth-order valence-corrected chi connectivity index (χ4v) is 17.1. The Balaban J connectivity index is 1.13. The maximum Gasteiger partial charge on any atom is 0.264 e. The number of benzene rings is 7. The van der Waals surface area contributed by atoms with Crippen molar-refractivity contribution in [3.8, 4) is 22.3 Å². The minimum Gasteiger partial charge on any atom is -0.311 e. The maximum absolute atomic E-state index is 2.83. The molecule has 0 radical (unpaired) electrons. The summed E-state index contributed by atoms with van der Waals surface area (Å²) in [6, 6.07) is 53.9. The van der Waals surface area contributed by atoms with Crippen molar-refractivity contribution >= 4 is 78.0 Å². The Morgan fingerprint density at radius 3 is 1.76 bits per heavy atom. The predicted molar refractivity (Wildman–Crippen MR) is 310 cm³/mol. The molecule has 8 aromatic rings. The van der Waals surface area contributed by atoms with Crippen molar-refractivity contribution in [3.63, 3.8) is 0 Å². The Morgan fingerprint density at radius 2 is 1.10 bits per heavy atom. The third-order valence-corrected chi connectivity index (χ3v) is 20.2. The van der Waals surface area contributed by atoms with Gasteiger partial charge in [0, 0.05) is 48.6 Å². The molecule has 2 nitrogen and oxygen atoms in total. The molecule has 7 aromatic carbocycles. The molecule has 0 unspecified atom stereocenters. The molecule has 7 aliphatic rings. The summed E-state index contributed by atoms with van der Waals surface area (Å²) in [5.74, 6) is 3.17. The Kier molecular flexibility index (Phi) is 9.42. The first-order chi connectivity index (χ1) is 34.4. The van der Waals surface area contributed by atoms with Gasteiger partial charge in [-0.3, -0.25) is 0 Å². The molecular weight excluding hydrogens is 888 g/mol. The molecule has 4 heteroatoms. The van der Waals surface area contributed by atoms with E-state index in [2.05, 4.69) is 219 Å². The van der Waals surface area contributed by atoms with Crippen LogP contribution in [-0.4, -0.2) is 6.71 Å². The highest BCUT2D eigenvalue weighted by Crippen LogP contribution is 2.70. The molecule has 0 amide bonds. The van der Waals surface area contributed by atoms with Crippen molar-refractivity contribution in [2.24, 2.45) is 23.7 Å². The lowest BCUT2D eigenvalue weighted by Gasteiger charge is -2.61. The van der Waals surface area contributed by atoms with Crippen LogP contribution >= 0.6 is 11.3 Å². The van der Waals surface area contributed by atoms with E-state index in [1.807, 2.05) is 11.3 Å². The van der Waals surface area contributed by atoms with Gasteiger partial charge in [-0.05, 0) is 201 Å². The van der Waals surface area contributed by atoms with Crippen LogP contribution in [0.5, 0.6) is 0 Å². The Bertz CT molecular complexity index is 3540. The number of aryl methyl sites for hydroxylation is 2. The SMILES string of the molecule is Cc1cccc(C)c1-c1cc2c3c(c1)N(c1cccc4c1-c1ccccc1C41C4CC5CC(C4)CC1C5)c1c(sc4ccc(C(C)(C)C)cc14)B3c1ccc(C(C)(C)C)cc1N2c1ccc(C(C)(C)C)cc1. The van der Waals surface area contributed by atoms with Gasteiger partial charge < -0.3 is 9.80 Å². The van der Waals surface area contributed by atoms with Gasteiger partial charge in [0.05, 0.1) is 11.4 Å². The average Bonchev–Trinajstić information content (AvgIpc) is 3.86.